The van der Waals surface area contributed by atoms with Crippen molar-refractivity contribution in [3.63, 3.8) is 0 Å². The van der Waals surface area contributed by atoms with Gasteiger partial charge in [0.05, 0.1) is 23.2 Å². The van der Waals surface area contributed by atoms with Crippen LogP contribution in [0.4, 0.5) is 0 Å². The average Bonchev–Trinajstić information content (AvgIpc) is 2.70. The molecule has 0 aromatic rings. The molecule has 1 aliphatic heterocycles. The van der Waals surface area contributed by atoms with Crippen molar-refractivity contribution in [1.29, 1.82) is 5.26 Å². The Morgan fingerprint density at radius 1 is 1.32 bits per heavy atom. The van der Waals surface area contributed by atoms with Gasteiger partial charge in [-0.05, 0) is 38.0 Å². The third-order valence-corrected chi connectivity index (χ3v) is 6.80. The maximum atomic E-state index is 11.7. The number of nitriles is 1. The van der Waals surface area contributed by atoms with Crippen molar-refractivity contribution >= 4 is 9.84 Å². The van der Waals surface area contributed by atoms with E-state index in [2.05, 4.69) is 13.0 Å². The van der Waals surface area contributed by atoms with Gasteiger partial charge in [-0.25, -0.2) is 8.42 Å². The highest BCUT2D eigenvalue weighted by atomic mass is 32.2. The molecule has 4 nitrogen and oxygen atoms in total. The third-order valence-electron chi connectivity index (χ3n) is 5.04. The minimum absolute atomic E-state index is 0.0429. The summed E-state index contributed by atoms with van der Waals surface area (Å²) in [6, 6.07) is 2.16. The lowest BCUT2D eigenvalue weighted by atomic mass is 9.63. The van der Waals surface area contributed by atoms with E-state index >= 15 is 0 Å². The molecule has 108 valence electrons. The minimum Gasteiger partial charge on any atom is -0.388 e. The van der Waals surface area contributed by atoms with E-state index in [0.29, 0.717) is 25.2 Å². The van der Waals surface area contributed by atoms with E-state index < -0.39 is 20.9 Å². The molecule has 0 amide bonds. The Morgan fingerprint density at radius 2 is 1.95 bits per heavy atom. The largest absolute Gasteiger partial charge is 0.388 e. The van der Waals surface area contributed by atoms with Gasteiger partial charge in [-0.3, -0.25) is 0 Å². The zero-order chi connectivity index (χ0) is 14.1. The lowest BCUT2D eigenvalue weighted by molar-refractivity contribution is -0.0815. The Balaban J connectivity index is 2.15. The Hall–Kier alpha value is -0.600. The summed E-state index contributed by atoms with van der Waals surface area (Å²) in [4.78, 5) is 0. The van der Waals surface area contributed by atoms with E-state index in [-0.39, 0.29) is 11.5 Å². The van der Waals surface area contributed by atoms with Gasteiger partial charge < -0.3 is 5.11 Å². The van der Waals surface area contributed by atoms with Gasteiger partial charge in [0.2, 0.25) is 0 Å². The second-order valence-electron chi connectivity index (χ2n) is 6.30. The summed E-state index contributed by atoms with van der Waals surface area (Å²) in [5, 5.41) is 20.3. The fourth-order valence-electron chi connectivity index (χ4n) is 3.74. The van der Waals surface area contributed by atoms with Gasteiger partial charge >= 0.3 is 0 Å². The molecule has 1 unspecified atom stereocenters. The summed E-state index contributed by atoms with van der Waals surface area (Å²) in [6.45, 7) is 2.15. The number of aliphatic hydroxyl groups is 1. The zero-order valence-electron chi connectivity index (χ0n) is 11.6. The second kappa shape index (κ2) is 5.06. The Labute approximate surface area is 115 Å². The van der Waals surface area contributed by atoms with Gasteiger partial charge in [0.25, 0.3) is 0 Å². The van der Waals surface area contributed by atoms with Crippen molar-refractivity contribution in [2.75, 3.05) is 11.5 Å². The summed E-state index contributed by atoms with van der Waals surface area (Å²) in [7, 11) is -3.16. The first-order chi connectivity index (χ1) is 8.86. The molecule has 5 heteroatoms. The van der Waals surface area contributed by atoms with Gasteiger partial charge in [-0.15, -0.1) is 0 Å². The van der Waals surface area contributed by atoms with E-state index in [1.807, 2.05) is 0 Å². The number of nitrogens with zero attached hydrogens (tertiary/aromatic N) is 1. The topological polar surface area (TPSA) is 78.2 Å². The smallest absolute Gasteiger partial charge is 0.152 e. The van der Waals surface area contributed by atoms with Crippen molar-refractivity contribution < 1.29 is 13.5 Å². The monoisotopic (exact) mass is 285 g/mol. The number of hydrogen-bond donors (Lipinski definition) is 1. The van der Waals surface area contributed by atoms with Crippen molar-refractivity contribution in [1.82, 2.24) is 0 Å². The first-order valence-corrected chi connectivity index (χ1v) is 9.03. The quantitative estimate of drug-likeness (QED) is 0.860. The fraction of sp³-hybridized carbons (Fsp3) is 0.929. The summed E-state index contributed by atoms with van der Waals surface area (Å²) < 4.78 is 23.4. The molecule has 1 heterocycles. The van der Waals surface area contributed by atoms with E-state index in [0.717, 1.165) is 25.7 Å². The molecule has 19 heavy (non-hydrogen) atoms. The molecule has 2 rings (SSSR count). The van der Waals surface area contributed by atoms with Crippen LogP contribution in [0.25, 0.3) is 0 Å². The zero-order valence-corrected chi connectivity index (χ0v) is 12.4. The number of hydrogen-bond acceptors (Lipinski definition) is 4. The third kappa shape index (κ3) is 2.66. The summed E-state index contributed by atoms with van der Waals surface area (Å²) in [5.74, 6) is 0.506. The van der Waals surface area contributed by atoms with Crippen molar-refractivity contribution in [2.45, 2.75) is 57.5 Å². The molecule has 1 N–H and O–H groups in total. The lowest BCUT2D eigenvalue weighted by Gasteiger charge is -2.44. The Kier molecular flexibility index (Phi) is 3.95. The summed E-state index contributed by atoms with van der Waals surface area (Å²) in [6.07, 6.45) is 5.55. The maximum absolute atomic E-state index is 11.7. The van der Waals surface area contributed by atoms with Crippen LogP contribution >= 0.6 is 0 Å². The maximum Gasteiger partial charge on any atom is 0.152 e. The van der Waals surface area contributed by atoms with Gasteiger partial charge in [0, 0.05) is 0 Å². The predicted molar refractivity (Wildman–Crippen MR) is 73.1 cm³/mol. The molecule has 0 aromatic carbocycles. The molecule has 0 radical (unpaired) electrons. The van der Waals surface area contributed by atoms with Crippen LogP contribution < -0.4 is 0 Å². The molecule has 1 saturated heterocycles. The number of rotatable bonds is 3. The highest BCUT2D eigenvalue weighted by molar-refractivity contribution is 7.91. The van der Waals surface area contributed by atoms with Gasteiger partial charge in [-0.2, -0.15) is 5.26 Å². The van der Waals surface area contributed by atoms with Gasteiger partial charge in [-0.1, -0.05) is 19.8 Å². The van der Waals surface area contributed by atoms with E-state index in [9.17, 15) is 18.8 Å². The predicted octanol–water partition coefficient (Wildman–Crippen LogP) is 2.04. The Morgan fingerprint density at radius 3 is 2.37 bits per heavy atom. The highest BCUT2D eigenvalue weighted by Gasteiger charge is 2.57. The summed E-state index contributed by atoms with van der Waals surface area (Å²) in [5.41, 5.74) is -2.17. The van der Waals surface area contributed by atoms with Crippen LogP contribution in [0.1, 0.15) is 51.9 Å². The van der Waals surface area contributed by atoms with Crippen LogP contribution in [-0.2, 0) is 9.84 Å². The molecular weight excluding hydrogens is 262 g/mol. The average molecular weight is 285 g/mol. The van der Waals surface area contributed by atoms with Gasteiger partial charge in [0.15, 0.2) is 9.84 Å². The molecular formula is C14H23NO3S. The minimum atomic E-state index is -3.16. The molecule has 2 aliphatic rings. The Bertz CT molecular complexity index is 471. The van der Waals surface area contributed by atoms with Crippen LogP contribution in [0.15, 0.2) is 0 Å². The fourth-order valence-corrected chi connectivity index (χ4v) is 5.77. The van der Waals surface area contributed by atoms with Crippen molar-refractivity contribution in [3.8, 4) is 6.07 Å². The molecule has 1 atom stereocenters. The van der Waals surface area contributed by atoms with Crippen LogP contribution in [-0.4, -0.2) is 30.6 Å². The highest BCUT2D eigenvalue weighted by Crippen LogP contribution is 2.50. The molecule has 1 aliphatic carbocycles. The van der Waals surface area contributed by atoms with Crippen molar-refractivity contribution in [2.24, 2.45) is 11.3 Å². The SMILES string of the molecule is CCCC1CCC(O)(C2(C#N)CCS(=O)(=O)C2)CC1. The molecule has 0 spiro atoms. The standard InChI is InChI=1S/C14H23NO3S/c1-2-3-12-4-6-14(16,7-5-12)13(10-15)8-9-19(17,18)11-13/h12,16H,2-9,11H2,1H3. The van der Waals surface area contributed by atoms with E-state index in [1.165, 1.54) is 0 Å². The van der Waals surface area contributed by atoms with E-state index in [1.54, 1.807) is 0 Å². The van der Waals surface area contributed by atoms with Crippen LogP contribution in [0.5, 0.6) is 0 Å². The molecule has 2 fully saturated rings. The van der Waals surface area contributed by atoms with Crippen LogP contribution in [0, 0.1) is 22.7 Å². The molecule has 0 bridgehead atoms. The second-order valence-corrected chi connectivity index (χ2v) is 8.48. The van der Waals surface area contributed by atoms with Crippen molar-refractivity contribution in [3.05, 3.63) is 0 Å². The summed E-state index contributed by atoms with van der Waals surface area (Å²) >= 11 is 0. The normalized spacial score (nSPS) is 41.8. The first kappa shape index (κ1) is 14.8. The molecule has 1 saturated carbocycles. The van der Waals surface area contributed by atoms with Gasteiger partial charge in [0.1, 0.15) is 5.41 Å². The lowest BCUT2D eigenvalue weighted by Crippen LogP contribution is -2.50. The first-order valence-electron chi connectivity index (χ1n) is 7.20. The van der Waals surface area contributed by atoms with Crippen LogP contribution in [0.2, 0.25) is 0 Å². The molecule has 0 aromatic heterocycles. The van der Waals surface area contributed by atoms with E-state index in [4.69, 9.17) is 0 Å². The number of sulfone groups is 1. The van der Waals surface area contributed by atoms with Crippen LogP contribution in [0.3, 0.4) is 0 Å².